The van der Waals surface area contributed by atoms with Crippen LogP contribution in [0.15, 0.2) is 24.3 Å². The molecule has 0 spiro atoms. The van der Waals surface area contributed by atoms with E-state index in [-0.39, 0.29) is 11.4 Å². The lowest BCUT2D eigenvalue weighted by molar-refractivity contribution is -0.145. The standard InChI is InChI=1S/C19H20F3N5O/c1-11-8-15(26-18(24-11)19(20,21)22)17(28)25-13-2-3-14-12(9-13)4-6-27-7-5-23-10-16(14)27/h2-3,8-9,16,23H,4-7,10H2,1H3,(H,25,28)/t16-/m0/s1. The van der Waals surface area contributed by atoms with Gasteiger partial charge >= 0.3 is 6.18 Å². The molecule has 2 aliphatic heterocycles. The van der Waals surface area contributed by atoms with Gasteiger partial charge in [-0.1, -0.05) is 6.07 Å². The topological polar surface area (TPSA) is 70.2 Å². The van der Waals surface area contributed by atoms with Gasteiger partial charge in [0, 0.05) is 43.6 Å². The summed E-state index contributed by atoms with van der Waals surface area (Å²) in [6.07, 6.45) is -3.83. The number of anilines is 1. The maximum Gasteiger partial charge on any atom is 0.451 e. The molecule has 1 aromatic carbocycles. The van der Waals surface area contributed by atoms with E-state index in [0.29, 0.717) is 11.7 Å². The van der Waals surface area contributed by atoms with Crippen LogP contribution in [-0.2, 0) is 12.6 Å². The second-order valence-corrected chi connectivity index (χ2v) is 7.09. The molecule has 28 heavy (non-hydrogen) atoms. The molecule has 9 heteroatoms. The first kappa shape index (κ1) is 18.8. The summed E-state index contributed by atoms with van der Waals surface area (Å²) < 4.78 is 38.7. The zero-order valence-corrected chi connectivity index (χ0v) is 15.3. The second-order valence-electron chi connectivity index (χ2n) is 7.09. The highest BCUT2D eigenvalue weighted by molar-refractivity contribution is 6.03. The summed E-state index contributed by atoms with van der Waals surface area (Å²) in [5.41, 5.74) is 2.71. The fourth-order valence-corrected chi connectivity index (χ4v) is 3.82. The van der Waals surface area contributed by atoms with Gasteiger partial charge in [0.2, 0.25) is 5.82 Å². The molecule has 1 saturated heterocycles. The van der Waals surface area contributed by atoms with Crippen LogP contribution in [-0.4, -0.2) is 47.0 Å². The van der Waals surface area contributed by atoms with Gasteiger partial charge in [-0.25, -0.2) is 9.97 Å². The van der Waals surface area contributed by atoms with E-state index in [1.54, 1.807) is 6.07 Å². The summed E-state index contributed by atoms with van der Waals surface area (Å²) in [7, 11) is 0. The van der Waals surface area contributed by atoms with Crippen molar-refractivity contribution in [3.8, 4) is 0 Å². The molecule has 0 saturated carbocycles. The van der Waals surface area contributed by atoms with Crippen molar-refractivity contribution in [3.63, 3.8) is 0 Å². The minimum Gasteiger partial charge on any atom is -0.321 e. The van der Waals surface area contributed by atoms with Crippen molar-refractivity contribution in [2.24, 2.45) is 0 Å². The molecule has 1 fully saturated rings. The number of halogens is 3. The number of benzene rings is 1. The molecule has 148 valence electrons. The van der Waals surface area contributed by atoms with Gasteiger partial charge in [0.05, 0.1) is 0 Å². The predicted octanol–water partition coefficient (Wildman–Crippen LogP) is 2.56. The number of carbonyl (C=O) groups excluding carboxylic acids is 1. The Kier molecular flexibility index (Phi) is 4.80. The lowest BCUT2D eigenvalue weighted by Gasteiger charge is -2.41. The second kappa shape index (κ2) is 7.14. The highest BCUT2D eigenvalue weighted by Gasteiger charge is 2.35. The minimum atomic E-state index is -4.70. The van der Waals surface area contributed by atoms with Crippen molar-refractivity contribution in [2.45, 2.75) is 25.6 Å². The van der Waals surface area contributed by atoms with Crippen molar-refractivity contribution < 1.29 is 18.0 Å². The summed E-state index contributed by atoms with van der Waals surface area (Å²) in [5.74, 6) is -2.00. The van der Waals surface area contributed by atoms with E-state index in [1.165, 1.54) is 18.6 Å². The number of alkyl halides is 3. The largest absolute Gasteiger partial charge is 0.451 e. The van der Waals surface area contributed by atoms with Gasteiger partial charge in [-0.15, -0.1) is 0 Å². The van der Waals surface area contributed by atoms with E-state index in [9.17, 15) is 18.0 Å². The van der Waals surface area contributed by atoms with Crippen molar-refractivity contribution >= 4 is 11.6 Å². The molecule has 6 nitrogen and oxygen atoms in total. The molecule has 1 aromatic heterocycles. The van der Waals surface area contributed by atoms with E-state index >= 15 is 0 Å². The summed E-state index contributed by atoms with van der Waals surface area (Å²) in [5, 5.41) is 6.06. The van der Waals surface area contributed by atoms with Crippen LogP contribution in [0.1, 0.15) is 39.2 Å². The molecule has 2 aromatic rings. The quantitative estimate of drug-likeness (QED) is 0.824. The molecule has 1 atom stereocenters. The number of aryl methyl sites for hydroxylation is 1. The molecule has 2 aliphatic rings. The van der Waals surface area contributed by atoms with Crippen molar-refractivity contribution in [1.29, 1.82) is 0 Å². The van der Waals surface area contributed by atoms with Gasteiger partial charge in [-0.2, -0.15) is 13.2 Å². The molecule has 4 rings (SSSR count). The number of fused-ring (bicyclic) bond motifs is 3. The fraction of sp³-hybridized carbons (Fsp3) is 0.421. The van der Waals surface area contributed by atoms with Crippen LogP contribution in [0, 0.1) is 6.92 Å². The highest BCUT2D eigenvalue weighted by Crippen LogP contribution is 2.32. The van der Waals surface area contributed by atoms with Gasteiger partial charge in [0.1, 0.15) is 5.69 Å². The Hall–Kier alpha value is -2.52. The SMILES string of the molecule is Cc1cc(C(=O)Nc2ccc3c(c2)CCN2CCNC[C@@H]32)nc(C(F)(F)F)n1. The zero-order chi connectivity index (χ0) is 19.9. The Bertz CT molecular complexity index is 915. The lowest BCUT2D eigenvalue weighted by atomic mass is 9.91. The third-order valence-corrected chi connectivity index (χ3v) is 5.12. The Balaban J connectivity index is 1.55. The monoisotopic (exact) mass is 391 g/mol. The molecule has 0 radical (unpaired) electrons. The molecule has 1 amide bonds. The third-order valence-electron chi connectivity index (χ3n) is 5.12. The first-order chi connectivity index (χ1) is 13.3. The fourth-order valence-electron chi connectivity index (χ4n) is 3.82. The summed E-state index contributed by atoms with van der Waals surface area (Å²) in [6, 6.07) is 7.24. The van der Waals surface area contributed by atoms with Gasteiger partial charge in [0.25, 0.3) is 5.91 Å². The number of piperazine rings is 1. The maximum atomic E-state index is 12.9. The molecular formula is C19H20F3N5O. The Morgan fingerprint density at radius 1 is 1.25 bits per heavy atom. The van der Waals surface area contributed by atoms with Gasteiger partial charge < -0.3 is 10.6 Å². The molecule has 2 N–H and O–H groups in total. The molecule has 0 unspecified atom stereocenters. The molecular weight excluding hydrogens is 371 g/mol. The van der Waals surface area contributed by atoms with Gasteiger partial charge in [-0.3, -0.25) is 9.69 Å². The van der Waals surface area contributed by atoms with E-state index in [0.717, 1.165) is 38.2 Å². The number of nitrogens with one attached hydrogen (secondary N) is 2. The van der Waals surface area contributed by atoms with Crippen molar-refractivity contribution in [2.75, 3.05) is 31.5 Å². The van der Waals surface area contributed by atoms with Crippen LogP contribution in [0.4, 0.5) is 18.9 Å². The number of aromatic nitrogens is 2. The minimum absolute atomic E-state index is 0.0859. The average Bonchev–Trinajstić information content (AvgIpc) is 2.66. The normalized spacial score (nSPS) is 19.6. The Morgan fingerprint density at radius 3 is 2.86 bits per heavy atom. The maximum absolute atomic E-state index is 12.9. The average molecular weight is 391 g/mol. The molecule has 3 heterocycles. The highest BCUT2D eigenvalue weighted by atomic mass is 19.4. The van der Waals surface area contributed by atoms with E-state index in [4.69, 9.17) is 0 Å². The van der Waals surface area contributed by atoms with Crippen molar-refractivity contribution in [3.05, 3.63) is 52.6 Å². The van der Waals surface area contributed by atoms with E-state index < -0.39 is 17.9 Å². The van der Waals surface area contributed by atoms with Crippen LogP contribution in [0.25, 0.3) is 0 Å². The van der Waals surface area contributed by atoms with Crippen LogP contribution < -0.4 is 10.6 Å². The predicted molar refractivity (Wildman–Crippen MR) is 97.1 cm³/mol. The summed E-state index contributed by atoms with van der Waals surface area (Å²) in [4.78, 5) is 21.6. The van der Waals surface area contributed by atoms with Crippen LogP contribution >= 0.6 is 0 Å². The summed E-state index contributed by atoms with van der Waals surface area (Å²) in [6.45, 7) is 5.24. The third kappa shape index (κ3) is 3.72. The van der Waals surface area contributed by atoms with Gasteiger partial charge in [-0.05, 0) is 42.7 Å². The number of hydrogen-bond acceptors (Lipinski definition) is 5. The van der Waals surface area contributed by atoms with E-state index in [1.807, 2.05) is 12.1 Å². The number of amides is 1. The zero-order valence-electron chi connectivity index (χ0n) is 15.3. The van der Waals surface area contributed by atoms with Crippen molar-refractivity contribution in [1.82, 2.24) is 20.2 Å². The molecule has 0 bridgehead atoms. The Labute approximate surface area is 160 Å². The smallest absolute Gasteiger partial charge is 0.321 e. The number of hydrogen-bond donors (Lipinski definition) is 2. The Morgan fingerprint density at radius 2 is 2.07 bits per heavy atom. The lowest BCUT2D eigenvalue weighted by Crippen LogP contribution is -2.48. The van der Waals surface area contributed by atoms with E-state index in [2.05, 4.69) is 25.5 Å². The number of carbonyl (C=O) groups is 1. The van der Waals surface area contributed by atoms with Crippen LogP contribution in [0.2, 0.25) is 0 Å². The first-order valence-electron chi connectivity index (χ1n) is 9.13. The first-order valence-corrected chi connectivity index (χ1v) is 9.13. The number of nitrogens with zero attached hydrogens (tertiary/aromatic N) is 3. The van der Waals surface area contributed by atoms with Crippen LogP contribution in [0.5, 0.6) is 0 Å². The van der Waals surface area contributed by atoms with Gasteiger partial charge in [0.15, 0.2) is 0 Å². The molecule has 0 aliphatic carbocycles. The number of rotatable bonds is 2. The summed E-state index contributed by atoms with van der Waals surface area (Å²) >= 11 is 0. The van der Waals surface area contributed by atoms with Crippen LogP contribution in [0.3, 0.4) is 0 Å².